The van der Waals surface area contributed by atoms with Crippen LogP contribution in [0.1, 0.15) is 54.5 Å². The van der Waals surface area contributed by atoms with Gasteiger partial charge in [-0.3, -0.25) is 0 Å². The molecule has 0 saturated heterocycles. The molecule has 0 fully saturated rings. The molecule has 148 valence electrons. The molecule has 7 heteroatoms. The highest BCUT2D eigenvalue weighted by molar-refractivity contribution is 14.0. The topological polar surface area (TPSA) is 67.1 Å². The second-order valence-corrected chi connectivity index (χ2v) is 6.97. The summed E-state index contributed by atoms with van der Waals surface area (Å²) in [4.78, 5) is 4.74. The van der Waals surface area contributed by atoms with Gasteiger partial charge in [-0.05, 0) is 44.7 Å². The second-order valence-electron chi connectivity index (χ2n) is 6.97. The Labute approximate surface area is 179 Å². The Bertz CT molecular complexity index is 768. The Hall–Kier alpha value is -1.64. The molecule has 1 aromatic carbocycles. The van der Waals surface area contributed by atoms with E-state index in [1.165, 1.54) is 36.0 Å². The molecule has 2 heterocycles. The van der Waals surface area contributed by atoms with Gasteiger partial charge >= 0.3 is 0 Å². The standard InChI is InChI=1S/C20H30N6.HI/c1-4-21-20(22-13-17-10-9-15(2)12-16(17)3)23-14-19-25-24-18-8-6-5-7-11-26(18)19;/h9-10,12H,4-8,11,13-14H2,1-3H3,(H2,21,22,23);1H. The molecule has 2 N–H and O–H groups in total. The Balaban J connectivity index is 0.00000261. The van der Waals surface area contributed by atoms with Gasteiger partial charge in [0.15, 0.2) is 11.8 Å². The highest BCUT2D eigenvalue weighted by atomic mass is 127. The zero-order chi connectivity index (χ0) is 18.4. The van der Waals surface area contributed by atoms with Gasteiger partial charge in [-0.1, -0.05) is 30.2 Å². The number of rotatable bonds is 5. The fraction of sp³-hybridized carbons (Fsp3) is 0.550. The number of fused-ring (bicyclic) bond motifs is 1. The third kappa shape index (κ3) is 5.92. The molecule has 0 saturated carbocycles. The fourth-order valence-corrected chi connectivity index (χ4v) is 3.37. The lowest BCUT2D eigenvalue weighted by Crippen LogP contribution is -2.37. The molecule has 1 aliphatic rings. The van der Waals surface area contributed by atoms with E-state index < -0.39 is 0 Å². The van der Waals surface area contributed by atoms with Crippen molar-refractivity contribution < 1.29 is 0 Å². The third-order valence-electron chi connectivity index (χ3n) is 4.85. The number of aromatic nitrogens is 3. The summed E-state index contributed by atoms with van der Waals surface area (Å²) in [6.45, 7) is 9.51. The maximum Gasteiger partial charge on any atom is 0.191 e. The first-order valence-corrected chi connectivity index (χ1v) is 9.66. The number of hydrogen-bond acceptors (Lipinski definition) is 3. The quantitative estimate of drug-likeness (QED) is 0.389. The van der Waals surface area contributed by atoms with Crippen molar-refractivity contribution in [3.63, 3.8) is 0 Å². The molecule has 1 aliphatic heterocycles. The van der Waals surface area contributed by atoms with Crippen molar-refractivity contribution in [1.29, 1.82) is 0 Å². The van der Waals surface area contributed by atoms with Crippen molar-refractivity contribution in [2.75, 3.05) is 6.54 Å². The van der Waals surface area contributed by atoms with Crippen molar-refractivity contribution in [3.8, 4) is 0 Å². The van der Waals surface area contributed by atoms with E-state index in [1.807, 2.05) is 0 Å². The SMILES string of the molecule is CCNC(=NCc1ccc(C)cc1C)NCc1nnc2n1CCCCC2.I. The minimum atomic E-state index is 0. The number of hydrogen-bond donors (Lipinski definition) is 2. The van der Waals surface area contributed by atoms with Gasteiger partial charge in [-0.25, -0.2) is 4.99 Å². The Morgan fingerprint density at radius 2 is 2.00 bits per heavy atom. The van der Waals surface area contributed by atoms with E-state index in [-0.39, 0.29) is 24.0 Å². The van der Waals surface area contributed by atoms with Crippen LogP contribution in [0.15, 0.2) is 23.2 Å². The zero-order valence-electron chi connectivity index (χ0n) is 16.6. The summed E-state index contributed by atoms with van der Waals surface area (Å²) >= 11 is 0. The summed E-state index contributed by atoms with van der Waals surface area (Å²) in [7, 11) is 0. The van der Waals surface area contributed by atoms with E-state index in [9.17, 15) is 0 Å². The summed E-state index contributed by atoms with van der Waals surface area (Å²) in [6, 6.07) is 6.51. The molecule has 0 bridgehead atoms. The molecule has 27 heavy (non-hydrogen) atoms. The predicted molar refractivity (Wildman–Crippen MR) is 121 cm³/mol. The highest BCUT2D eigenvalue weighted by Gasteiger charge is 2.14. The lowest BCUT2D eigenvalue weighted by Gasteiger charge is -2.13. The summed E-state index contributed by atoms with van der Waals surface area (Å²) < 4.78 is 2.27. The Morgan fingerprint density at radius 1 is 1.15 bits per heavy atom. The lowest BCUT2D eigenvalue weighted by atomic mass is 10.1. The number of aliphatic imine (C=N–C) groups is 1. The van der Waals surface area contributed by atoms with Crippen LogP contribution >= 0.6 is 24.0 Å². The van der Waals surface area contributed by atoms with Crippen LogP contribution in [0.3, 0.4) is 0 Å². The van der Waals surface area contributed by atoms with E-state index >= 15 is 0 Å². The van der Waals surface area contributed by atoms with Crippen LogP contribution in [0, 0.1) is 13.8 Å². The van der Waals surface area contributed by atoms with Crippen molar-refractivity contribution in [2.45, 2.75) is 66.1 Å². The first kappa shape index (κ1) is 21.7. The van der Waals surface area contributed by atoms with Crippen molar-refractivity contribution in [2.24, 2.45) is 4.99 Å². The van der Waals surface area contributed by atoms with Gasteiger partial charge in [0.25, 0.3) is 0 Å². The minimum Gasteiger partial charge on any atom is -0.357 e. The predicted octanol–water partition coefficient (Wildman–Crippen LogP) is 3.49. The lowest BCUT2D eigenvalue weighted by molar-refractivity contribution is 0.596. The van der Waals surface area contributed by atoms with Crippen LogP contribution in [0.2, 0.25) is 0 Å². The van der Waals surface area contributed by atoms with E-state index in [0.29, 0.717) is 13.1 Å². The zero-order valence-corrected chi connectivity index (χ0v) is 18.9. The van der Waals surface area contributed by atoms with Gasteiger partial charge in [-0.2, -0.15) is 0 Å². The molecule has 3 rings (SSSR count). The first-order valence-electron chi connectivity index (χ1n) is 9.66. The molecule has 2 aromatic rings. The minimum absolute atomic E-state index is 0. The van der Waals surface area contributed by atoms with Crippen molar-refractivity contribution in [3.05, 3.63) is 46.5 Å². The number of halogens is 1. The molecule has 0 aliphatic carbocycles. The molecule has 0 radical (unpaired) electrons. The van der Waals surface area contributed by atoms with Gasteiger partial charge in [0, 0.05) is 19.5 Å². The van der Waals surface area contributed by atoms with Gasteiger partial charge in [-0.15, -0.1) is 34.2 Å². The molecule has 0 unspecified atom stereocenters. The number of nitrogens with zero attached hydrogens (tertiary/aromatic N) is 4. The second kappa shape index (κ2) is 10.6. The van der Waals surface area contributed by atoms with E-state index in [1.54, 1.807) is 0 Å². The molecule has 1 aromatic heterocycles. The van der Waals surface area contributed by atoms with Crippen LogP contribution in [-0.2, 0) is 26.1 Å². The average molecular weight is 482 g/mol. The van der Waals surface area contributed by atoms with Gasteiger partial charge < -0.3 is 15.2 Å². The van der Waals surface area contributed by atoms with Crippen LogP contribution in [0.4, 0.5) is 0 Å². The first-order chi connectivity index (χ1) is 12.7. The third-order valence-corrected chi connectivity index (χ3v) is 4.85. The van der Waals surface area contributed by atoms with Gasteiger partial charge in [0.2, 0.25) is 0 Å². The van der Waals surface area contributed by atoms with E-state index in [0.717, 1.165) is 37.1 Å². The van der Waals surface area contributed by atoms with E-state index in [2.05, 4.69) is 64.4 Å². The number of guanidine groups is 1. The summed E-state index contributed by atoms with van der Waals surface area (Å²) in [5.41, 5.74) is 3.82. The summed E-state index contributed by atoms with van der Waals surface area (Å²) in [5, 5.41) is 15.5. The normalized spacial score (nSPS) is 14.1. The number of aryl methyl sites for hydroxylation is 3. The highest BCUT2D eigenvalue weighted by Crippen LogP contribution is 2.14. The van der Waals surface area contributed by atoms with Crippen LogP contribution in [-0.4, -0.2) is 27.3 Å². The van der Waals surface area contributed by atoms with E-state index in [4.69, 9.17) is 4.99 Å². The summed E-state index contributed by atoms with van der Waals surface area (Å²) in [6.07, 6.45) is 4.73. The smallest absolute Gasteiger partial charge is 0.191 e. The molecule has 0 atom stereocenters. The van der Waals surface area contributed by atoms with Crippen LogP contribution in [0.5, 0.6) is 0 Å². The fourth-order valence-electron chi connectivity index (χ4n) is 3.37. The van der Waals surface area contributed by atoms with Crippen molar-refractivity contribution in [1.82, 2.24) is 25.4 Å². The maximum atomic E-state index is 4.74. The monoisotopic (exact) mass is 482 g/mol. The van der Waals surface area contributed by atoms with Crippen LogP contribution in [0.25, 0.3) is 0 Å². The Morgan fingerprint density at radius 3 is 2.78 bits per heavy atom. The van der Waals surface area contributed by atoms with Gasteiger partial charge in [0.1, 0.15) is 5.82 Å². The van der Waals surface area contributed by atoms with Gasteiger partial charge in [0.05, 0.1) is 13.1 Å². The van der Waals surface area contributed by atoms with Crippen LogP contribution < -0.4 is 10.6 Å². The number of benzene rings is 1. The largest absolute Gasteiger partial charge is 0.357 e. The maximum absolute atomic E-state index is 4.74. The average Bonchev–Trinajstić information content (AvgIpc) is 2.85. The number of nitrogens with one attached hydrogen (secondary N) is 2. The van der Waals surface area contributed by atoms with Crippen molar-refractivity contribution >= 4 is 29.9 Å². The molecule has 6 nitrogen and oxygen atoms in total. The molecular weight excluding hydrogens is 451 g/mol. The Kier molecular flexibility index (Phi) is 8.53. The molecule has 0 spiro atoms. The summed E-state index contributed by atoms with van der Waals surface area (Å²) in [5.74, 6) is 2.94. The molecule has 0 amide bonds. The molecular formula is C20H31IN6.